The number of ether oxygens (including phenoxy) is 1. The standard InChI is InChI=1S/C16H16F2N2O3/c1-2-16(15(21)19-13-3-4-22-9-13)8-14(20-23-16)10-5-11(17)7-12(18)6-10/h2,5-7,13H,1,3-4,8-9H2,(H,19,21)/t13-,16-/m0/s1. The molecule has 1 aromatic carbocycles. The Morgan fingerprint density at radius 2 is 2.13 bits per heavy atom. The minimum absolute atomic E-state index is 0.0544. The average molecular weight is 322 g/mol. The van der Waals surface area contributed by atoms with Crippen molar-refractivity contribution >= 4 is 11.6 Å². The first-order valence-electron chi connectivity index (χ1n) is 7.26. The van der Waals surface area contributed by atoms with Crippen molar-refractivity contribution in [2.24, 2.45) is 5.16 Å². The second kappa shape index (κ2) is 6.08. The van der Waals surface area contributed by atoms with Crippen molar-refractivity contribution in [3.63, 3.8) is 0 Å². The molecule has 5 nitrogen and oxygen atoms in total. The molecule has 2 heterocycles. The predicted molar refractivity (Wildman–Crippen MR) is 78.9 cm³/mol. The molecule has 1 N–H and O–H groups in total. The summed E-state index contributed by atoms with van der Waals surface area (Å²) in [6, 6.07) is 2.98. The van der Waals surface area contributed by atoms with Crippen LogP contribution in [0.3, 0.4) is 0 Å². The van der Waals surface area contributed by atoms with Crippen LogP contribution in [0.4, 0.5) is 8.78 Å². The first-order chi connectivity index (χ1) is 11.0. The Labute approximate surface area is 131 Å². The molecule has 2 aliphatic rings. The van der Waals surface area contributed by atoms with E-state index in [2.05, 4.69) is 17.1 Å². The lowest BCUT2D eigenvalue weighted by atomic mass is 9.93. The normalized spacial score (nSPS) is 26.5. The maximum Gasteiger partial charge on any atom is 0.271 e. The molecule has 0 aromatic heterocycles. The van der Waals surface area contributed by atoms with Gasteiger partial charge in [-0.15, -0.1) is 0 Å². The number of amides is 1. The molecule has 7 heteroatoms. The third-order valence-electron chi connectivity index (χ3n) is 3.92. The van der Waals surface area contributed by atoms with Crippen LogP contribution in [0.5, 0.6) is 0 Å². The lowest BCUT2D eigenvalue weighted by molar-refractivity contribution is -0.139. The second-order valence-corrected chi connectivity index (χ2v) is 5.59. The summed E-state index contributed by atoms with van der Waals surface area (Å²) in [5.74, 6) is -1.82. The van der Waals surface area contributed by atoms with Gasteiger partial charge in [-0.3, -0.25) is 4.79 Å². The van der Waals surface area contributed by atoms with Crippen LogP contribution in [0.25, 0.3) is 0 Å². The highest BCUT2D eigenvalue weighted by Gasteiger charge is 2.45. The Kier molecular flexibility index (Phi) is 4.12. The van der Waals surface area contributed by atoms with Gasteiger partial charge in [0.1, 0.15) is 11.6 Å². The number of oxime groups is 1. The van der Waals surface area contributed by atoms with Gasteiger partial charge in [0.2, 0.25) is 5.60 Å². The topological polar surface area (TPSA) is 59.9 Å². The summed E-state index contributed by atoms with van der Waals surface area (Å²) >= 11 is 0. The van der Waals surface area contributed by atoms with Gasteiger partial charge in [0.25, 0.3) is 5.91 Å². The first kappa shape index (κ1) is 15.6. The molecule has 0 radical (unpaired) electrons. The smallest absolute Gasteiger partial charge is 0.271 e. The Hall–Kier alpha value is -2.28. The van der Waals surface area contributed by atoms with Gasteiger partial charge in [-0.1, -0.05) is 11.7 Å². The third-order valence-corrected chi connectivity index (χ3v) is 3.92. The van der Waals surface area contributed by atoms with Crippen molar-refractivity contribution in [2.75, 3.05) is 13.2 Å². The van der Waals surface area contributed by atoms with Gasteiger partial charge in [0.15, 0.2) is 0 Å². The number of nitrogens with zero attached hydrogens (tertiary/aromatic N) is 1. The maximum absolute atomic E-state index is 13.3. The molecular weight excluding hydrogens is 306 g/mol. The van der Waals surface area contributed by atoms with E-state index in [0.29, 0.717) is 18.9 Å². The molecule has 2 atom stereocenters. The number of carbonyl (C=O) groups excluding carboxylic acids is 1. The molecule has 1 saturated heterocycles. The lowest BCUT2D eigenvalue weighted by Gasteiger charge is -2.23. The van der Waals surface area contributed by atoms with Gasteiger partial charge in [0, 0.05) is 24.7 Å². The summed E-state index contributed by atoms with van der Waals surface area (Å²) in [6.07, 6.45) is 2.13. The molecule has 3 rings (SSSR count). The van der Waals surface area contributed by atoms with Gasteiger partial charge in [-0.05, 0) is 24.6 Å². The van der Waals surface area contributed by atoms with E-state index in [1.165, 1.54) is 6.08 Å². The van der Waals surface area contributed by atoms with Crippen LogP contribution in [-0.2, 0) is 14.4 Å². The second-order valence-electron chi connectivity index (χ2n) is 5.59. The van der Waals surface area contributed by atoms with Crippen LogP contribution in [-0.4, -0.2) is 36.5 Å². The van der Waals surface area contributed by atoms with Gasteiger partial charge < -0.3 is 14.9 Å². The van der Waals surface area contributed by atoms with Crippen molar-refractivity contribution in [1.29, 1.82) is 0 Å². The zero-order valence-electron chi connectivity index (χ0n) is 12.4. The molecule has 1 fully saturated rings. The van der Waals surface area contributed by atoms with E-state index in [1.54, 1.807) is 0 Å². The Balaban J connectivity index is 1.76. The Morgan fingerprint density at radius 1 is 1.39 bits per heavy atom. The molecular formula is C16H16F2N2O3. The van der Waals surface area contributed by atoms with Crippen molar-refractivity contribution < 1.29 is 23.1 Å². The Bertz CT molecular complexity index is 651. The highest BCUT2D eigenvalue weighted by atomic mass is 19.1. The first-order valence-corrected chi connectivity index (χ1v) is 7.26. The average Bonchev–Trinajstić information content (AvgIpc) is 3.15. The fourth-order valence-electron chi connectivity index (χ4n) is 2.60. The van der Waals surface area contributed by atoms with Crippen molar-refractivity contribution in [3.05, 3.63) is 48.1 Å². The predicted octanol–water partition coefficient (Wildman–Crippen LogP) is 1.92. The van der Waals surface area contributed by atoms with Gasteiger partial charge in [0.05, 0.1) is 18.4 Å². The van der Waals surface area contributed by atoms with Crippen molar-refractivity contribution in [3.8, 4) is 0 Å². The van der Waals surface area contributed by atoms with E-state index in [9.17, 15) is 13.6 Å². The molecule has 1 aromatic rings. The number of hydrogen-bond acceptors (Lipinski definition) is 4. The fourth-order valence-corrected chi connectivity index (χ4v) is 2.60. The van der Waals surface area contributed by atoms with Gasteiger partial charge in [-0.2, -0.15) is 0 Å². The van der Waals surface area contributed by atoms with Gasteiger partial charge in [-0.25, -0.2) is 8.78 Å². The van der Waals surface area contributed by atoms with Crippen LogP contribution in [0, 0.1) is 11.6 Å². The summed E-state index contributed by atoms with van der Waals surface area (Å²) in [6.45, 7) is 4.68. The minimum atomic E-state index is -1.37. The number of hydrogen-bond donors (Lipinski definition) is 1. The van der Waals surface area contributed by atoms with E-state index >= 15 is 0 Å². The van der Waals surface area contributed by atoms with E-state index in [1.807, 2.05) is 0 Å². The summed E-state index contributed by atoms with van der Waals surface area (Å²) < 4.78 is 31.9. The highest BCUT2D eigenvalue weighted by Crippen LogP contribution is 2.29. The highest BCUT2D eigenvalue weighted by molar-refractivity contribution is 6.06. The van der Waals surface area contributed by atoms with E-state index in [4.69, 9.17) is 9.57 Å². The number of benzene rings is 1. The number of nitrogens with one attached hydrogen (secondary N) is 1. The van der Waals surface area contributed by atoms with Crippen LogP contribution >= 0.6 is 0 Å². The van der Waals surface area contributed by atoms with Crippen molar-refractivity contribution in [2.45, 2.75) is 24.5 Å². The van der Waals surface area contributed by atoms with Crippen LogP contribution in [0.2, 0.25) is 0 Å². The molecule has 0 saturated carbocycles. The Morgan fingerprint density at radius 3 is 2.74 bits per heavy atom. The SMILES string of the molecule is C=C[C@@]1(C(=O)N[C@H]2CCOC2)CC(c2cc(F)cc(F)c2)=NO1. The molecule has 1 amide bonds. The summed E-state index contributed by atoms with van der Waals surface area (Å²) in [4.78, 5) is 17.8. The molecule has 122 valence electrons. The molecule has 0 bridgehead atoms. The minimum Gasteiger partial charge on any atom is -0.379 e. The molecule has 0 aliphatic carbocycles. The largest absolute Gasteiger partial charge is 0.379 e. The third kappa shape index (κ3) is 3.10. The lowest BCUT2D eigenvalue weighted by Crippen LogP contribution is -2.49. The summed E-state index contributed by atoms with van der Waals surface area (Å²) in [5.41, 5.74) is -0.842. The van der Waals surface area contributed by atoms with Crippen molar-refractivity contribution in [1.82, 2.24) is 5.32 Å². The van der Waals surface area contributed by atoms with Crippen LogP contribution in [0.1, 0.15) is 18.4 Å². The van der Waals surface area contributed by atoms with Crippen LogP contribution in [0.15, 0.2) is 36.0 Å². The van der Waals surface area contributed by atoms with E-state index in [0.717, 1.165) is 24.6 Å². The van der Waals surface area contributed by atoms with Gasteiger partial charge >= 0.3 is 0 Å². The number of halogens is 2. The number of carbonyl (C=O) groups is 1. The molecule has 0 spiro atoms. The molecule has 0 unspecified atom stereocenters. The zero-order chi connectivity index (χ0) is 16.4. The molecule has 23 heavy (non-hydrogen) atoms. The fraction of sp³-hybridized carbons (Fsp3) is 0.375. The molecule has 2 aliphatic heterocycles. The number of rotatable bonds is 4. The monoisotopic (exact) mass is 322 g/mol. The maximum atomic E-state index is 13.3. The zero-order valence-corrected chi connectivity index (χ0v) is 12.4. The van der Waals surface area contributed by atoms with E-state index < -0.39 is 23.1 Å². The van der Waals surface area contributed by atoms with Crippen LogP contribution < -0.4 is 5.32 Å². The summed E-state index contributed by atoms with van der Waals surface area (Å²) in [7, 11) is 0. The quantitative estimate of drug-likeness (QED) is 0.862. The van der Waals surface area contributed by atoms with E-state index in [-0.39, 0.29) is 18.0 Å². The summed E-state index contributed by atoms with van der Waals surface area (Å²) in [5, 5.41) is 6.65.